The van der Waals surface area contributed by atoms with E-state index >= 15 is 0 Å². The third-order valence-corrected chi connectivity index (χ3v) is 3.12. The number of nitrogens with zero attached hydrogens (tertiary/aromatic N) is 2. The Hall–Kier alpha value is -1.68. The largest absolute Gasteiger partial charge is 0.318 e. The monoisotopic (exact) mass is 233 g/mol. The van der Waals surface area contributed by atoms with Crippen LogP contribution in [0.15, 0.2) is 36.7 Å². The standard InChI is InChI=1S/C13H16FN3/c1-3-13(15,11-8-16-17(2)9-11)10-5-4-6-12(14)7-10/h4-9H,3,15H2,1-2H3. The van der Waals surface area contributed by atoms with Crippen molar-refractivity contribution in [2.24, 2.45) is 12.8 Å². The van der Waals surface area contributed by atoms with Gasteiger partial charge in [-0.2, -0.15) is 5.10 Å². The van der Waals surface area contributed by atoms with Gasteiger partial charge in [-0.15, -0.1) is 0 Å². The molecule has 4 heteroatoms. The highest BCUT2D eigenvalue weighted by Gasteiger charge is 2.29. The molecule has 0 fully saturated rings. The van der Waals surface area contributed by atoms with Crippen LogP contribution >= 0.6 is 0 Å². The highest BCUT2D eigenvalue weighted by molar-refractivity contribution is 5.35. The quantitative estimate of drug-likeness (QED) is 0.883. The maximum Gasteiger partial charge on any atom is 0.123 e. The molecule has 1 heterocycles. The third kappa shape index (κ3) is 2.08. The van der Waals surface area contributed by atoms with Crippen molar-refractivity contribution in [3.8, 4) is 0 Å². The average molecular weight is 233 g/mol. The van der Waals surface area contributed by atoms with Crippen LogP contribution < -0.4 is 5.73 Å². The molecule has 1 unspecified atom stereocenters. The maximum atomic E-state index is 13.3. The number of aromatic nitrogens is 2. The first-order valence-corrected chi connectivity index (χ1v) is 5.60. The van der Waals surface area contributed by atoms with E-state index < -0.39 is 5.54 Å². The minimum absolute atomic E-state index is 0.269. The van der Waals surface area contributed by atoms with Crippen LogP contribution in [0.1, 0.15) is 24.5 Å². The van der Waals surface area contributed by atoms with Gasteiger partial charge in [0.15, 0.2) is 0 Å². The second-order valence-electron chi connectivity index (χ2n) is 4.24. The summed E-state index contributed by atoms with van der Waals surface area (Å²) in [5, 5.41) is 4.12. The Morgan fingerprint density at radius 3 is 2.71 bits per heavy atom. The van der Waals surface area contributed by atoms with Gasteiger partial charge < -0.3 is 5.73 Å². The van der Waals surface area contributed by atoms with Gasteiger partial charge in [0.05, 0.1) is 11.7 Å². The Morgan fingerprint density at radius 1 is 1.41 bits per heavy atom. The van der Waals surface area contributed by atoms with Crippen molar-refractivity contribution in [3.05, 3.63) is 53.6 Å². The lowest BCUT2D eigenvalue weighted by atomic mass is 9.83. The van der Waals surface area contributed by atoms with Gasteiger partial charge in [0.25, 0.3) is 0 Å². The van der Waals surface area contributed by atoms with Gasteiger partial charge in [-0.05, 0) is 24.1 Å². The van der Waals surface area contributed by atoms with Crippen molar-refractivity contribution >= 4 is 0 Å². The molecule has 0 aliphatic rings. The zero-order valence-electron chi connectivity index (χ0n) is 10.0. The summed E-state index contributed by atoms with van der Waals surface area (Å²) in [7, 11) is 1.84. The number of aryl methyl sites for hydroxylation is 1. The number of benzene rings is 1. The Balaban J connectivity index is 2.51. The molecule has 0 saturated heterocycles. The highest BCUT2D eigenvalue weighted by Crippen LogP contribution is 2.30. The van der Waals surface area contributed by atoms with Gasteiger partial charge in [0, 0.05) is 18.8 Å². The van der Waals surface area contributed by atoms with Gasteiger partial charge in [-0.3, -0.25) is 4.68 Å². The van der Waals surface area contributed by atoms with Crippen molar-refractivity contribution in [3.63, 3.8) is 0 Å². The first kappa shape index (κ1) is 11.8. The van der Waals surface area contributed by atoms with Crippen molar-refractivity contribution in [2.75, 3.05) is 0 Å². The lowest BCUT2D eigenvalue weighted by Crippen LogP contribution is -2.37. The predicted molar refractivity (Wildman–Crippen MR) is 64.9 cm³/mol. The summed E-state index contributed by atoms with van der Waals surface area (Å²) in [4.78, 5) is 0. The molecule has 0 saturated carbocycles. The van der Waals surface area contributed by atoms with E-state index in [9.17, 15) is 4.39 Å². The van der Waals surface area contributed by atoms with Gasteiger partial charge >= 0.3 is 0 Å². The van der Waals surface area contributed by atoms with Crippen LogP contribution in [-0.4, -0.2) is 9.78 Å². The molecule has 17 heavy (non-hydrogen) atoms. The molecule has 1 aromatic carbocycles. The molecule has 2 rings (SSSR count). The number of hydrogen-bond donors (Lipinski definition) is 1. The zero-order valence-corrected chi connectivity index (χ0v) is 10.0. The Labute approximate surface area is 100 Å². The van der Waals surface area contributed by atoms with E-state index in [2.05, 4.69) is 5.10 Å². The molecule has 2 aromatic rings. The van der Waals surface area contributed by atoms with Crippen molar-refractivity contribution in [2.45, 2.75) is 18.9 Å². The van der Waals surface area contributed by atoms with E-state index in [1.807, 2.05) is 26.2 Å². The van der Waals surface area contributed by atoms with Crippen LogP contribution in [0.2, 0.25) is 0 Å². The van der Waals surface area contributed by atoms with Gasteiger partial charge in [0.1, 0.15) is 5.82 Å². The smallest absolute Gasteiger partial charge is 0.123 e. The summed E-state index contributed by atoms with van der Waals surface area (Å²) >= 11 is 0. The molecule has 3 nitrogen and oxygen atoms in total. The van der Waals surface area contributed by atoms with Crippen molar-refractivity contribution in [1.82, 2.24) is 9.78 Å². The minimum Gasteiger partial charge on any atom is -0.318 e. The molecule has 0 aliphatic carbocycles. The van der Waals surface area contributed by atoms with Gasteiger partial charge in [-0.1, -0.05) is 19.1 Å². The van der Waals surface area contributed by atoms with Crippen LogP contribution in [0.5, 0.6) is 0 Å². The Bertz CT molecular complexity index is 521. The van der Waals surface area contributed by atoms with Crippen LogP contribution in [0.3, 0.4) is 0 Å². The second kappa shape index (κ2) is 4.30. The topological polar surface area (TPSA) is 43.8 Å². The van der Waals surface area contributed by atoms with Crippen LogP contribution in [0.4, 0.5) is 4.39 Å². The lowest BCUT2D eigenvalue weighted by molar-refractivity contribution is 0.512. The molecule has 0 aliphatic heterocycles. The molecular weight excluding hydrogens is 217 g/mol. The van der Waals surface area contributed by atoms with E-state index in [0.29, 0.717) is 6.42 Å². The van der Waals surface area contributed by atoms with E-state index in [4.69, 9.17) is 5.73 Å². The summed E-state index contributed by atoms with van der Waals surface area (Å²) in [5.41, 5.74) is 7.39. The average Bonchev–Trinajstić information content (AvgIpc) is 2.75. The van der Waals surface area contributed by atoms with Crippen LogP contribution in [-0.2, 0) is 12.6 Å². The fraction of sp³-hybridized carbons (Fsp3) is 0.308. The molecule has 0 radical (unpaired) electrons. The first-order valence-electron chi connectivity index (χ1n) is 5.60. The summed E-state index contributed by atoms with van der Waals surface area (Å²) < 4.78 is 15.0. The molecule has 0 spiro atoms. The lowest BCUT2D eigenvalue weighted by Gasteiger charge is -2.27. The summed E-state index contributed by atoms with van der Waals surface area (Å²) in [6, 6.07) is 6.43. The van der Waals surface area contributed by atoms with Crippen molar-refractivity contribution < 1.29 is 4.39 Å². The molecule has 2 N–H and O–H groups in total. The fourth-order valence-electron chi connectivity index (χ4n) is 1.99. The normalized spacial score (nSPS) is 14.6. The number of nitrogens with two attached hydrogens (primary N) is 1. The Morgan fingerprint density at radius 2 is 2.18 bits per heavy atom. The summed E-state index contributed by atoms with van der Waals surface area (Å²) in [5.74, 6) is -0.269. The SMILES string of the molecule is CCC(N)(c1cccc(F)c1)c1cnn(C)c1. The second-order valence-corrected chi connectivity index (χ2v) is 4.24. The summed E-state index contributed by atoms with van der Waals surface area (Å²) in [6.45, 7) is 1.98. The maximum absolute atomic E-state index is 13.3. The minimum atomic E-state index is -0.684. The van der Waals surface area contributed by atoms with Crippen molar-refractivity contribution in [1.29, 1.82) is 0 Å². The molecular formula is C13H16FN3. The van der Waals surface area contributed by atoms with Gasteiger partial charge in [0.2, 0.25) is 0 Å². The first-order chi connectivity index (χ1) is 8.06. The number of rotatable bonds is 3. The Kier molecular flexibility index (Phi) is 2.98. The molecule has 1 aromatic heterocycles. The number of halogens is 1. The summed E-state index contributed by atoms with van der Waals surface area (Å²) in [6.07, 6.45) is 4.28. The number of hydrogen-bond acceptors (Lipinski definition) is 2. The molecule has 0 bridgehead atoms. The highest BCUT2D eigenvalue weighted by atomic mass is 19.1. The van der Waals surface area contributed by atoms with E-state index in [-0.39, 0.29) is 5.82 Å². The fourth-order valence-corrected chi connectivity index (χ4v) is 1.99. The van der Waals surface area contributed by atoms with E-state index in [0.717, 1.165) is 11.1 Å². The zero-order chi connectivity index (χ0) is 12.5. The predicted octanol–water partition coefficient (Wildman–Crippen LogP) is 2.17. The van der Waals surface area contributed by atoms with E-state index in [1.54, 1.807) is 16.9 Å². The van der Waals surface area contributed by atoms with Crippen LogP contribution in [0.25, 0.3) is 0 Å². The molecule has 0 amide bonds. The van der Waals surface area contributed by atoms with Crippen LogP contribution in [0, 0.1) is 5.82 Å². The third-order valence-electron chi connectivity index (χ3n) is 3.12. The van der Waals surface area contributed by atoms with Gasteiger partial charge in [-0.25, -0.2) is 4.39 Å². The molecule has 1 atom stereocenters. The molecule has 90 valence electrons. The van der Waals surface area contributed by atoms with E-state index in [1.165, 1.54) is 12.1 Å².